The average molecular weight is 608 g/mol. The zero-order chi connectivity index (χ0) is 30.4. The summed E-state index contributed by atoms with van der Waals surface area (Å²) >= 11 is 0. The minimum atomic E-state index is -4.36. The summed E-state index contributed by atoms with van der Waals surface area (Å²) in [6.45, 7) is 2.61. The Morgan fingerprint density at radius 2 is 1.10 bits per heavy atom. The Morgan fingerprint density at radius 3 is 1.51 bits per heavy atom. The standard InChI is InChI=1S/C31H62NO8P/c1-3-4-5-6-7-8-9-10-11-12-13-14-15-16-17-18-19-20-21-22-23-24-31(35)38-27-30(34)28-40-41(36,37)39-26-25-32-29(2)33/h30,34H,3-28H2,1-2H3,(H,32,33)(H,36,37). The van der Waals surface area contributed by atoms with Gasteiger partial charge in [0, 0.05) is 19.9 Å². The molecule has 0 fully saturated rings. The number of hydrogen-bond donors (Lipinski definition) is 3. The molecule has 9 nitrogen and oxygen atoms in total. The molecular formula is C31H62NO8P. The van der Waals surface area contributed by atoms with Crippen LogP contribution in [0.1, 0.15) is 155 Å². The van der Waals surface area contributed by atoms with Crippen LogP contribution in [0.4, 0.5) is 0 Å². The summed E-state index contributed by atoms with van der Waals surface area (Å²) in [4.78, 5) is 32.1. The highest BCUT2D eigenvalue weighted by molar-refractivity contribution is 7.47. The minimum absolute atomic E-state index is 0.0585. The first-order valence-corrected chi connectivity index (χ1v) is 18.0. The Hall–Kier alpha value is -0.990. The van der Waals surface area contributed by atoms with Gasteiger partial charge in [-0.15, -0.1) is 0 Å². The molecule has 0 aromatic rings. The number of esters is 1. The number of carbonyl (C=O) groups is 2. The number of unbranched alkanes of at least 4 members (excludes halogenated alkanes) is 20. The normalized spacial score (nSPS) is 13.6. The molecule has 1 amide bonds. The van der Waals surface area contributed by atoms with E-state index >= 15 is 0 Å². The van der Waals surface area contributed by atoms with Crippen LogP contribution < -0.4 is 5.32 Å². The van der Waals surface area contributed by atoms with Crippen molar-refractivity contribution in [2.75, 3.05) is 26.4 Å². The van der Waals surface area contributed by atoms with Crippen molar-refractivity contribution in [3.05, 3.63) is 0 Å². The van der Waals surface area contributed by atoms with Gasteiger partial charge in [0.05, 0.1) is 13.2 Å². The summed E-state index contributed by atoms with van der Waals surface area (Å²) < 4.78 is 26.0. The highest BCUT2D eigenvalue weighted by Gasteiger charge is 2.23. The molecule has 3 N–H and O–H groups in total. The van der Waals surface area contributed by atoms with E-state index in [0.717, 1.165) is 19.3 Å². The van der Waals surface area contributed by atoms with Gasteiger partial charge in [-0.3, -0.25) is 18.6 Å². The largest absolute Gasteiger partial charge is 0.472 e. The van der Waals surface area contributed by atoms with E-state index in [4.69, 9.17) is 4.74 Å². The second-order valence-corrected chi connectivity index (χ2v) is 12.7. The van der Waals surface area contributed by atoms with Crippen molar-refractivity contribution >= 4 is 19.7 Å². The SMILES string of the molecule is CCCCCCCCCCCCCCCCCCCCCCCC(=O)OCC(O)COP(=O)(O)OCCNC(C)=O. The maximum Gasteiger partial charge on any atom is 0.472 e. The molecule has 0 aliphatic carbocycles. The first-order valence-electron chi connectivity index (χ1n) is 16.5. The van der Waals surface area contributed by atoms with E-state index in [-0.39, 0.29) is 32.1 Å². The molecule has 0 bridgehead atoms. The number of ether oxygens (including phenoxy) is 1. The average Bonchev–Trinajstić information content (AvgIpc) is 2.94. The highest BCUT2D eigenvalue weighted by atomic mass is 31.2. The van der Waals surface area contributed by atoms with Gasteiger partial charge >= 0.3 is 13.8 Å². The van der Waals surface area contributed by atoms with E-state index in [2.05, 4.69) is 21.3 Å². The van der Waals surface area contributed by atoms with Crippen molar-refractivity contribution in [1.29, 1.82) is 0 Å². The van der Waals surface area contributed by atoms with E-state index in [9.17, 15) is 24.2 Å². The lowest BCUT2D eigenvalue weighted by Gasteiger charge is -2.15. The number of aliphatic hydroxyl groups is 1. The van der Waals surface area contributed by atoms with Crippen LogP contribution in [0.5, 0.6) is 0 Å². The zero-order valence-corrected chi connectivity index (χ0v) is 27.1. The molecule has 2 atom stereocenters. The Kier molecular flexibility index (Phi) is 28.4. The molecule has 0 aromatic heterocycles. The zero-order valence-electron chi connectivity index (χ0n) is 26.3. The number of aliphatic hydroxyl groups excluding tert-OH is 1. The van der Waals surface area contributed by atoms with Crippen LogP contribution in [0.25, 0.3) is 0 Å². The van der Waals surface area contributed by atoms with Gasteiger partial charge < -0.3 is 20.1 Å². The molecule has 0 aliphatic heterocycles. The number of hydrogen-bond acceptors (Lipinski definition) is 7. The monoisotopic (exact) mass is 607 g/mol. The van der Waals surface area contributed by atoms with Crippen molar-refractivity contribution in [3.63, 3.8) is 0 Å². The quantitative estimate of drug-likeness (QED) is 0.0414. The van der Waals surface area contributed by atoms with E-state index in [1.165, 1.54) is 122 Å². The predicted molar refractivity (Wildman–Crippen MR) is 165 cm³/mol. The lowest BCUT2D eigenvalue weighted by Crippen LogP contribution is -2.25. The van der Waals surface area contributed by atoms with Gasteiger partial charge in [-0.25, -0.2) is 4.57 Å². The van der Waals surface area contributed by atoms with Crippen molar-refractivity contribution in [1.82, 2.24) is 5.32 Å². The van der Waals surface area contributed by atoms with Crippen LogP contribution in [-0.4, -0.2) is 54.3 Å². The first-order chi connectivity index (χ1) is 19.8. The Morgan fingerprint density at radius 1 is 0.683 bits per heavy atom. The topological polar surface area (TPSA) is 131 Å². The summed E-state index contributed by atoms with van der Waals surface area (Å²) in [6.07, 6.45) is 26.6. The Labute approximate surface area is 250 Å². The van der Waals surface area contributed by atoms with Crippen LogP contribution in [0.2, 0.25) is 0 Å². The van der Waals surface area contributed by atoms with Crippen molar-refractivity contribution in [2.45, 2.75) is 161 Å². The highest BCUT2D eigenvalue weighted by Crippen LogP contribution is 2.42. The molecule has 0 saturated heterocycles. The predicted octanol–water partition coefficient (Wildman–Crippen LogP) is 7.76. The van der Waals surface area contributed by atoms with Gasteiger partial charge in [0.25, 0.3) is 0 Å². The molecule has 2 unspecified atom stereocenters. The molecule has 10 heteroatoms. The van der Waals surface area contributed by atoms with E-state index in [1.54, 1.807) is 0 Å². The van der Waals surface area contributed by atoms with E-state index in [0.29, 0.717) is 0 Å². The van der Waals surface area contributed by atoms with Crippen LogP contribution in [0, 0.1) is 0 Å². The summed E-state index contributed by atoms with van der Waals surface area (Å²) in [6, 6.07) is 0. The molecule has 0 heterocycles. The lowest BCUT2D eigenvalue weighted by molar-refractivity contribution is -0.147. The van der Waals surface area contributed by atoms with Crippen LogP contribution >= 0.6 is 7.82 Å². The number of nitrogens with one attached hydrogen (secondary N) is 1. The number of amides is 1. The number of carbonyl (C=O) groups excluding carboxylic acids is 2. The summed E-state index contributed by atoms with van der Waals surface area (Å²) in [7, 11) is -4.36. The summed E-state index contributed by atoms with van der Waals surface area (Å²) in [5.41, 5.74) is 0. The van der Waals surface area contributed by atoms with Gasteiger partial charge in [0.15, 0.2) is 0 Å². The number of phosphoric ester groups is 1. The van der Waals surface area contributed by atoms with Gasteiger partial charge in [-0.1, -0.05) is 135 Å². The van der Waals surface area contributed by atoms with Crippen LogP contribution in [0.3, 0.4) is 0 Å². The molecule has 0 saturated carbocycles. The maximum atomic E-state index is 11.8. The second-order valence-electron chi connectivity index (χ2n) is 11.2. The third-order valence-electron chi connectivity index (χ3n) is 7.08. The van der Waals surface area contributed by atoms with Crippen LogP contribution in [0.15, 0.2) is 0 Å². The molecular weight excluding hydrogens is 545 g/mol. The smallest absolute Gasteiger partial charge is 0.463 e. The van der Waals surface area contributed by atoms with E-state index in [1.807, 2.05) is 0 Å². The third-order valence-corrected chi connectivity index (χ3v) is 8.07. The molecule has 0 aromatic carbocycles. The summed E-state index contributed by atoms with van der Waals surface area (Å²) in [5, 5.41) is 12.2. The summed E-state index contributed by atoms with van der Waals surface area (Å²) in [5.74, 6) is -0.689. The van der Waals surface area contributed by atoms with Crippen molar-refractivity contribution in [2.24, 2.45) is 0 Å². The van der Waals surface area contributed by atoms with Gasteiger partial charge in [0.2, 0.25) is 5.91 Å². The van der Waals surface area contributed by atoms with Gasteiger partial charge in [-0.2, -0.15) is 0 Å². The second kappa shape index (κ2) is 29.1. The fourth-order valence-electron chi connectivity index (χ4n) is 4.62. The molecule has 0 rings (SSSR count). The van der Waals surface area contributed by atoms with Crippen molar-refractivity contribution < 1.29 is 37.9 Å². The van der Waals surface area contributed by atoms with Crippen LogP contribution in [-0.2, 0) is 27.9 Å². The molecule has 244 valence electrons. The van der Waals surface area contributed by atoms with E-state index < -0.39 is 26.5 Å². The lowest BCUT2D eigenvalue weighted by atomic mass is 10.0. The maximum absolute atomic E-state index is 11.8. The van der Waals surface area contributed by atoms with Crippen molar-refractivity contribution in [3.8, 4) is 0 Å². The fourth-order valence-corrected chi connectivity index (χ4v) is 5.37. The Balaban J connectivity index is 3.40. The first kappa shape index (κ1) is 40.0. The fraction of sp³-hybridized carbons (Fsp3) is 0.935. The molecule has 41 heavy (non-hydrogen) atoms. The number of phosphoric acid groups is 1. The van der Waals surface area contributed by atoms with Gasteiger partial charge in [0.1, 0.15) is 12.7 Å². The molecule has 0 aliphatic rings. The third kappa shape index (κ3) is 31.8. The molecule has 0 spiro atoms. The minimum Gasteiger partial charge on any atom is -0.463 e. The molecule has 0 radical (unpaired) electrons. The van der Waals surface area contributed by atoms with Gasteiger partial charge in [-0.05, 0) is 6.42 Å². The Bertz CT molecular complexity index is 664. The number of rotatable bonds is 31.